The van der Waals surface area contributed by atoms with Gasteiger partial charge in [-0.3, -0.25) is 0 Å². The van der Waals surface area contributed by atoms with E-state index < -0.39 is 0 Å². The van der Waals surface area contributed by atoms with Crippen LogP contribution in [-0.4, -0.2) is 20.8 Å². The molecule has 2 unspecified atom stereocenters. The predicted octanol–water partition coefficient (Wildman–Crippen LogP) is 3.47. The summed E-state index contributed by atoms with van der Waals surface area (Å²) in [5.74, 6) is 1.67. The molecule has 1 saturated carbocycles. The van der Waals surface area contributed by atoms with Gasteiger partial charge in [0.15, 0.2) is 5.82 Å². The van der Waals surface area contributed by atoms with Crippen LogP contribution in [0.1, 0.15) is 32.6 Å². The van der Waals surface area contributed by atoms with Gasteiger partial charge in [0, 0.05) is 24.3 Å². The van der Waals surface area contributed by atoms with Crippen molar-refractivity contribution in [3.05, 3.63) is 30.6 Å². The number of aryl methyl sites for hydroxylation is 1. The van der Waals surface area contributed by atoms with E-state index in [0.29, 0.717) is 6.04 Å². The summed E-state index contributed by atoms with van der Waals surface area (Å²) in [5, 5.41) is 11.7. The maximum atomic E-state index is 4.14. The fraction of sp³-hybridized carbons (Fsp3) is 0.500. The third kappa shape index (κ3) is 2.69. The lowest BCUT2D eigenvalue weighted by molar-refractivity contribution is 0.349. The highest BCUT2D eigenvalue weighted by atomic mass is 15.2. The van der Waals surface area contributed by atoms with Gasteiger partial charge < -0.3 is 9.88 Å². The number of rotatable bonds is 3. The van der Waals surface area contributed by atoms with E-state index in [-0.39, 0.29) is 0 Å². The Kier molecular flexibility index (Phi) is 3.72. The molecule has 1 aliphatic rings. The van der Waals surface area contributed by atoms with Gasteiger partial charge in [-0.05, 0) is 43.0 Å². The molecule has 0 amide bonds. The fourth-order valence-corrected chi connectivity index (χ4v) is 3.00. The highest BCUT2D eigenvalue weighted by molar-refractivity contribution is 5.60. The zero-order valence-electron chi connectivity index (χ0n) is 12.2. The van der Waals surface area contributed by atoms with Gasteiger partial charge in [-0.25, -0.2) is 0 Å². The van der Waals surface area contributed by atoms with Crippen molar-refractivity contribution in [3.63, 3.8) is 0 Å². The Morgan fingerprint density at radius 3 is 2.55 bits per heavy atom. The molecular weight excluding hydrogens is 248 g/mol. The average molecular weight is 270 g/mol. The van der Waals surface area contributed by atoms with Crippen LogP contribution in [-0.2, 0) is 7.05 Å². The molecule has 0 aliphatic heterocycles. The third-order valence-electron chi connectivity index (χ3n) is 4.32. The van der Waals surface area contributed by atoms with Gasteiger partial charge in [0.25, 0.3) is 0 Å². The van der Waals surface area contributed by atoms with Crippen molar-refractivity contribution in [2.75, 3.05) is 5.32 Å². The molecule has 2 atom stereocenters. The van der Waals surface area contributed by atoms with E-state index in [1.165, 1.54) is 31.4 Å². The normalized spacial score (nSPS) is 22.7. The number of benzene rings is 1. The Morgan fingerprint density at radius 1 is 1.15 bits per heavy atom. The molecule has 0 spiro atoms. The lowest BCUT2D eigenvalue weighted by Crippen LogP contribution is -2.30. The minimum absolute atomic E-state index is 0.615. The van der Waals surface area contributed by atoms with E-state index in [0.717, 1.165) is 17.3 Å². The summed E-state index contributed by atoms with van der Waals surface area (Å²) >= 11 is 0. The van der Waals surface area contributed by atoms with E-state index in [1.54, 1.807) is 6.33 Å². The number of aromatic nitrogens is 3. The molecular formula is C16H22N4. The molecule has 0 radical (unpaired) electrons. The molecule has 1 fully saturated rings. The van der Waals surface area contributed by atoms with Crippen LogP contribution in [0.5, 0.6) is 0 Å². The summed E-state index contributed by atoms with van der Waals surface area (Å²) < 4.78 is 1.94. The fourth-order valence-electron chi connectivity index (χ4n) is 3.00. The maximum Gasteiger partial charge on any atom is 0.163 e. The van der Waals surface area contributed by atoms with Gasteiger partial charge in [0.2, 0.25) is 0 Å². The minimum Gasteiger partial charge on any atom is -0.382 e. The first kappa shape index (κ1) is 13.2. The second-order valence-electron chi connectivity index (χ2n) is 5.86. The SMILES string of the molecule is CC1CCCCC1Nc1ccc(-c2nncn2C)cc1. The van der Waals surface area contributed by atoms with Crippen molar-refractivity contribution in [1.82, 2.24) is 14.8 Å². The van der Waals surface area contributed by atoms with Crippen molar-refractivity contribution in [3.8, 4) is 11.4 Å². The molecule has 2 aromatic rings. The van der Waals surface area contributed by atoms with Crippen LogP contribution in [0.2, 0.25) is 0 Å². The Morgan fingerprint density at radius 2 is 1.90 bits per heavy atom. The molecule has 20 heavy (non-hydrogen) atoms. The molecule has 106 valence electrons. The second kappa shape index (κ2) is 5.65. The highest BCUT2D eigenvalue weighted by Gasteiger charge is 2.20. The summed E-state index contributed by atoms with van der Waals surface area (Å²) in [6.45, 7) is 2.35. The van der Waals surface area contributed by atoms with Crippen LogP contribution in [0.3, 0.4) is 0 Å². The molecule has 1 aromatic carbocycles. The van der Waals surface area contributed by atoms with Gasteiger partial charge in [0.05, 0.1) is 0 Å². The van der Waals surface area contributed by atoms with Crippen LogP contribution in [0.15, 0.2) is 30.6 Å². The van der Waals surface area contributed by atoms with Crippen LogP contribution in [0.25, 0.3) is 11.4 Å². The molecule has 1 aromatic heterocycles. The van der Waals surface area contributed by atoms with Crippen LogP contribution < -0.4 is 5.32 Å². The lowest BCUT2D eigenvalue weighted by atomic mass is 9.86. The lowest BCUT2D eigenvalue weighted by Gasteiger charge is -2.30. The first-order chi connectivity index (χ1) is 9.74. The topological polar surface area (TPSA) is 42.7 Å². The standard InChI is InChI=1S/C16H22N4/c1-12-5-3-4-6-15(12)18-14-9-7-13(8-10-14)16-19-17-11-20(16)2/h7-12,15,18H,3-6H2,1-2H3. The molecule has 1 aliphatic carbocycles. The molecule has 1 heterocycles. The molecule has 4 nitrogen and oxygen atoms in total. The van der Waals surface area contributed by atoms with Crippen LogP contribution >= 0.6 is 0 Å². The smallest absolute Gasteiger partial charge is 0.163 e. The van der Waals surface area contributed by atoms with Crippen molar-refractivity contribution in [2.45, 2.75) is 38.6 Å². The number of hydrogen-bond donors (Lipinski definition) is 1. The molecule has 0 saturated heterocycles. The Hall–Kier alpha value is -1.84. The van der Waals surface area contributed by atoms with Gasteiger partial charge in [-0.2, -0.15) is 0 Å². The monoisotopic (exact) mass is 270 g/mol. The Bertz CT molecular complexity index is 558. The highest BCUT2D eigenvalue weighted by Crippen LogP contribution is 2.27. The average Bonchev–Trinajstić information content (AvgIpc) is 2.89. The Labute approximate surface area is 120 Å². The van der Waals surface area contributed by atoms with Gasteiger partial charge in [-0.15, -0.1) is 10.2 Å². The summed E-state index contributed by atoms with van der Waals surface area (Å²) in [6.07, 6.45) is 7.08. The first-order valence-corrected chi connectivity index (χ1v) is 7.45. The van der Waals surface area contributed by atoms with Crippen molar-refractivity contribution in [2.24, 2.45) is 13.0 Å². The van der Waals surface area contributed by atoms with E-state index in [2.05, 4.69) is 46.7 Å². The van der Waals surface area contributed by atoms with Crippen LogP contribution in [0.4, 0.5) is 5.69 Å². The van der Waals surface area contributed by atoms with Gasteiger partial charge >= 0.3 is 0 Å². The largest absolute Gasteiger partial charge is 0.382 e. The number of anilines is 1. The van der Waals surface area contributed by atoms with E-state index in [1.807, 2.05) is 11.6 Å². The molecule has 1 N–H and O–H groups in total. The quantitative estimate of drug-likeness (QED) is 0.928. The van der Waals surface area contributed by atoms with Gasteiger partial charge in [-0.1, -0.05) is 19.8 Å². The van der Waals surface area contributed by atoms with Gasteiger partial charge in [0.1, 0.15) is 6.33 Å². The summed E-state index contributed by atoms with van der Waals surface area (Å²) in [5.41, 5.74) is 2.31. The van der Waals surface area contributed by atoms with E-state index in [9.17, 15) is 0 Å². The van der Waals surface area contributed by atoms with Crippen molar-refractivity contribution < 1.29 is 0 Å². The predicted molar refractivity (Wildman–Crippen MR) is 81.5 cm³/mol. The van der Waals surface area contributed by atoms with Crippen LogP contribution in [0, 0.1) is 5.92 Å². The molecule has 3 rings (SSSR count). The zero-order valence-corrected chi connectivity index (χ0v) is 12.2. The minimum atomic E-state index is 0.615. The number of hydrogen-bond acceptors (Lipinski definition) is 3. The Balaban J connectivity index is 1.71. The third-order valence-corrected chi connectivity index (χ3v) is 4.32. The van der Waals surface area contributed by atoms with E-state index >= 15 is 0 Å². The zero-order chi connectivity index (χ0) is 13.9. The van der Waals surface area contributed by atoms with Crippen molar-refractivity contribution in [1.29, 1.82) is 0 Å². The number of nitrogens with one attached hydrogen (secondary N) is 1. The first-order valence-electron chi connectivity index (χ1n) is 7.45. The molecule has 4 heteroatoms. The van der Waals surface area contributed by atoms with Crippen molar-refractivity contribution >= 4 is 5.69 Å². The summed E-state index contributed by atoms with van der Waals surface area (Å²) in [6, 6.07) is 9.13. The maximum absolute atomic E-state index is 4.14. The number of nitrogens with zero attached hydrogens (tertiary/aromatic N) is 3. The second-order valence-corrected chi connectivity index (χ2v) is 5.86. The van der Waals surface area contributed by atoms with E-state index in [4.69, 9.17) is 0 Å². The summed E-state index contributed by atoms with van der Waals surface area (Å²) in [7, 11) is 1.96. The summed E-state index contributed by atoms with van der Waals surface area (Å²) in [4.78, 5) is 0. The molecule has 0 bridgehead atoms.